The van der Waals surface area contributed by atoms with Crippen LogP contribution in [-0.4, -0.2) is 45.4 Å². The fourth-order valence-corrected chi connectivity index (χ4v) is 4.81. The number of nitrogens with zero attached hydrogens (tertiary/aromatic N) is 1. The third-order valence-corrected chi connectivity index (χ3v) is 7.24. The topological polar surface area (TPSA) is 98.7 Å². The largest absolute Gasteiger partial charge is 0.508 e. The smallest absolute Gasteiger partial charge is 0.416 e. The molecule has 0 radical (unpaired) electrons. The van der Waals surface area contributed by atoms with E-state index in [4.69, 9.17) is 0 Å². The van der Waals surface area contributed by atoms with Crippen molar-refractivity contribution in [1.82, 2.24) is 15.5 Å². The van der Waals surface area contributed by atoms with E-state index in [0.717, 1.165) is 24.5 Å². The Hall–Kier alpha value is -3.56. The average molecular weight is 518 g/mol. The van der Waals surface area contributed by atoms with Crippen molar-refractivity contribution in [3.05, 3.63) is 64.7 Å². The third kappa shape index (κ3) is 5.57. The molecule has 1 saturated carbocycles. The Kier molecular flexibility index (Phi) is 6.96. The second-order valence-corrected chi connectivity index (χ2v) is 10.1. The number of carbonyl (C=O) groups is 3. The van der Waals surface area contributed by atoms with Crippen LogP contribution in [0.25, 0.3) is 0 Å². The summed E-state index contributed by atoms with van der Waals surface area (Å²) in [5, 5.41) is 15.0. The fraction of sp³-hybridized carbons (Fsp3) is 0.444. The molecule has 1 heterocycles. The van der Waals surface area contributed by atoms with Crippen molar-refractivity contribution >= 4 is 17.7 Å². The lowest BCUT2D eigenvalue weighted by atomic mass is 10.0. The highest BCUT2D eigenvalue weighted by Gasteiger charge is 2.51. The molecule has 2 aromatic carbocycles. The number of aromatic hydroxyl groups is 1. The van der Waals surface area contributed by atoms with Crippen LogP contribution < -0.4 is 10.6 Å². The number of hydrogen-bond donors (Lipinski definition) is 3. The first-order valence-corrected chi connectivity index (χ1v) is 12.3. The van der Waals surface area contributed by atoms with Crippen molar-refractivity contribution in [3.8, 4) is 5.75 Å². The van der Waals surface area contributed by atoms with Crippen LogP contribution in [-0.2, 0) is 11.0 Å². The van der Waals surface area contributed by atoms with Gasteiger partial charge in [0.25, 0.3) is 11.8 Å². The molecule has 7 nitrogen and oxygen atoms in total. The van der Waals surface area contributed by atoms with Gasteiger partial charge in [-0.05, 0) is 82.3 Å². The minimum atomic E-state index is -4.73. The first kappa shape index (κ1) is 26.5. The zero-order valence-electron chi connectivity index (χ0n) is 20.9. The van der Waals surface area contributed by atoms with E-state index >= 15 is 0 Å². The van der Waals surface area contributed by atoms with Gasteiger partial charge in [-0.1, -0.05) is 12.1 Å². The van der Waals surface area contributed by atoms with E-state index in [2.05, 4.69) is 10.6 Å². The molecule has 3 atom stereocenters. The van der Waals surface area contributed by atoms with Gasteiger partial charge < -0.3 is 20.6 Å². The number of alkyl halides is 3. The van der Waals surface area contributed by atoms with Gasteiger partial charge in [-0.3, -0.25) is 14.4 Å². The minimum Gasteiger partial charge on any atom is -0.508 e. The lowest BCUT2D eigenvalue weighted by molar-refractivity contribution is -0.137. The molecule has 4 rings (SSSR count). The van der Waals surface area contributed by atoms with Gasteiger partial charge in [-0.25, -0.2) is 0 Å². The first-order chi connectivity index (χ1) is 17.3. The van der Waals surface area contributed by atoms with Crippen LogP contribution in [0, 0.1) is 0 Å². The molecule has 1 aliphatic heterocycles. The summed E-state index contributed by atoms with van der Waals surface area (Å²) in [6.45, 7) is 5.84. The van der Waals surface area contributed by atoms with Crippen LogP contribution in [0.1, 0.15) is 84.3 Å². The number of rotatable bonds is 6. The summed E-state index contributed by atoms with van der Waals surface area (Å²) in [4.78, 5) is 40.4. The maximum absolute atomic E-state index is 13.0. The highest BCUT2D eigenvalue weighted by atomic mass is 19.4. The molecule has 37 heavy (non-hydrogen) atoms. The summed E-state index contributed by atoms with van der Waals surface area (Å²) in [5.41, 5.74) is -1.44. The van der Waals surface area contributed by atoms with Crippen LogP contribution >= 0.6 is 0 Å². The summed E-state index contributed by atoms with van der Waals surface area (Å²) in [6.07, 6.45) is -2.12. The normalized spacial score (nSPS) is 21.3. The molecule has 0 bridgehead atoms. The number of phenols is 1. The zero-order valence-corrected chi connectivity index (χ0v) is 20.9. The third-order valence-electron chi connectivity index (χ3n) is 7.24. The lowest BCUT2D eigenvalue weighted by Gasteiger charge is -2.26. The highest BCUT2D eigenvalue weighted by Crippen LogP contribution is 2.37. The second kappa shape index (κ2) is 9.72. The monoisotopic (exact) mass is 517 g/mol. The van der Waals surface area contributed by atoms with Gasteiger partial charge in [0.05, 0.1) is 11.6 Å². The predicted molar refractivity (Wildman–Crippen MR) is 130 cm³/mol. The molecule has 3 N–H and O–H groups in total. The Labute approximate surface area is 213 Å². The molecule has 2 fully saturated rings. The van der Waals surface area contributed by atoms with Crippen molar-refractivity contribution in [3.63, 3.8) is 0 Å². The van der Waals surface area contributed by atoms with Gasteiger partial charge in [-0.15, -0.1) is 0 Å². The lowest BCUT2D eigenvalue weighted by Crippen LogP contribution is -2.49. The number of benzene rings is 2. The second-order valence-electron chi connectivity index (χ2n) is 10.1. The number of phenolic OH excluding ortho intramolecular Hbond substituents is 1. The number of nitrogens with one attached hydrogen (secondary N) is 2. The Morgan fingerprint density at radius 3 is 2.14 bits per heavy atom. The molecule has 1 aliphatic carbocycles. The molecule has 1 saturated heterocycles. The van der Waals surface area contributed by atoms with E-state index in [1.807, 2.05) is 18.7 Å². The minimum absolute atomic E-state index is 0.0268. The Bertz CT molecular complexity index is 1200. The van der Waals surface area contributed by atoms with E-state index < -0.39 is 40.9 Å². The van der Waals surface area contributed by atoms with Crippen molar-refractivity contribution in [2.24, 2.45) is 0 Å². The predicted octanol–water partition coefficient (Wildman–Crippen LogP) is 4.56. The van der Waals surface area contributed by atoms with E-state index in [1.54, 1.807) is 31.2 Å². The average Bonchev–Trinajstić information content (AvgIpc) is 3.54. The van der Waals surface area contributed by atoms with Crippen molar-refractivity contribution in [2.75, 3.05) is 0 Å². The number of amides is 3. The summed E-state index contributed by atoms with van der Waals surface area (Å²) < 4.78 is 39.1. The van der Waals surface area contributed by atoms with Gasteiger partial charge in [-0.2, -0.15) is 13.2 Å². The quantitative estimate of drug-likeness (QED) is 0.523. The number of halogens is 3. The fourth-order valence-electron chi connectivity index (χ4n) is 4.81. The molecule has 3 amide bonds. The molecule has 0 spiro atoms. The first-order valence-electron chi connectivity index (χ1n) is 12.3. The number of hydrogen-bond acceptors (Lipinski definition) is 4. The SMILES string of the molecule is CC1CCC(C)N1C(=O)c1ccc([C@@H](C)NC(=O)C2(NC(=O)c3cc(O)cc(C(F)(F)F)c3)CC2)cc1. The van der Waals surface area contributed by atoms with Gasteiger partial charge in [0, 0.05) is 23.2 Å². The van der Waals surface area contributed by atoms with Gasteiger partial charge in [0.15, 0.2) is 0 Å². The Morgan fingerprint density at radius 2 is 1.59 bits per heavy atom. The van der Waals surface area contributed by atoms with Crippen LogP contribution in [0.4, 0.5) is 13.2 Å². The number of likely N-dealkylation sites (tertiary alicyclic amines) is 1. The molecule has 0 aromatic heterocycles. The van der Waals surface area contributed by atoms with E-state index in [9.17, 15) is 32.7 Å². The highest BCUT2D eigenvalue weighted by molar-refractivity contribution is 6.01. The van der Waals surface area contributed by atoms with E-state index in [-0.39, 0.29) is 23.6 Å². The number of carbonyl (C=O) groups excluding carboxylic acids is 3. The molecule has 10 heteroatoms. The van der Waals surface area contributed by atoms with E-state index in [1.165, 1.54) is 0 Å². The maximum Gasteiger partial charge on any atom is 0.416 e. The molecule has 2 aromatic rings. The molecular weight excluding hydrogens is 487 g/mol. The Balaban J connectivity index is 1.40. The van der Waals surface area contributed by atoms with Crippen LogP contribution in [0.5, 0.6) is 5.75 Å². The van der Waals surface area contributed by atoms with Crippen LogP contribution in [0.2, 0.25) is 0 Å². The summed E-state index contributed by atoms with van der Waals surface area (Å²) in [7, 11) is 0. The van der Waals surface area contributed by atoms with Crippen molar-refractivity contribution < 1.29 is 32.7 Å². The standard InChI is InChI=1S/C27H30F3N3O4/c1-15-4-5-16(2)33(15)24(36)19-8-6-18(7-9-19)17(3)31-25(37)26(10-11-26)32-23(35)20-12-21(27(28,29)30)14-22(34)13-20/h6-9,12-17,34H,4-5,10-11H2,1-3H3,(H,31,37)(H,32,35)/t15?,16?,17-/m1/s1. The van der Waals surface area contributed by atoms with Gasteiger partial charge in [0.1, 0.15) is 11.3 Å². The van der Waals surface area contributed by atoms with Crippen molar-refractivity contribution in [2.45, 2.75) is 76.3 Å². The summed E-state index contributed by atoms with van der Waals surface area (Å²) in [6, 6.07) is 9.03. The zero-order chi connectivity index (χ0) is 27.1. The summed E-state index contributed by atoms with van der Waals surface area (Å²) >= 11 is 0. The Morgan fingerprint density at radius 1 is 1.00 bits per heavy atom. The maximum atomic E-state index is 13.0. The molecule has 198 valence electrons. The van der Waals surface area contributed by atoms with E-state index in [0.29, 0.717) is 30.5 Å². The van der Waals surface area contributed by atoms with Gasteiger partial charge >= 0.3 is 6.18 Å². The van der Waals surface area contributed by atoms with Crippen molar-refractivity contribution in [1.29, 1.82) is 0 Å². The van der Waals surface area contributed by atoms with Crippen LogP contribution in [0.15, 0.2) is 42.5 Å². The molecule has 2 aliphatic rings. The summed E-state index contributed by atoms with van der Waals surface area (Å²) in [5.74, 6) is -2.06. The molecule has 2 unspecified atom stereocenters. The molecular formula is C27H30F3N3O4. The van der Waals surface area contributed by atoms with Gasteiger partial charge in [0.2, 0.25) is 5.91 Å². The van der Waals surface area contributed by atoms with Crippen LogP contribution in [0.3, 0.4) is 0 Å².